The highest BCUT2D eigenvalue weighted by Gasteiger charge is 2.62. The predicted molar refractivity (Wildman–Crippen MR) is 161 cm³/mol. The van der Waals surface area contributed by atoms with Gasteiger partial charge in [0.05, 0.1) is 0 Å². The van der Waals surface area contributed by atoms with Gasteiger partial charge >= 0.3 is 7.12 Å². The minimum absolute atomic E-state index is 0.0188. The van der Waals surface area contributed by atoms with Gasteiger partial charge in [0.25, 0.3) is 0 Å². The molecule has 5 heteroatoms. The fraction of sp³-hybridized carbons (Fsp3) is 0.257. The van der Waals surface area contributed by atoms with Crippen molar-refractivity contribution in [2.24, 2.45) is 0 Å². The third-order valence-electron chi connectivity index (χ3n) is 8.22. The van der Waals surface area contributed by atoms with Gasteiger partial charge in [-0.25, -0.2) is 0 Å². The van der Waals surface area contributed by atoms with Crippen molar-refractivity contribution in [2.45, 2.75) is 42.6 Å². The van der Waals surface area contributed by atoms with Gasteiger partial charge in [0, 0.05) is 20.0 Å². The average molecular weight is 532 g/mol. The Hall–Kier alpha value is -3.48. The van der Waals surface area contributed by atoms with Gasteiger partial charge in [-0.2, -0.15) is 0 Å². The van der Waals surface area contributed by atoms with Crippen molar-refractivity contribution in [3.63, 3.8) is 0 Å². The lowest BCUT2D eigenvalue weighted by molar-refractivity contribution is -0.136. The van der Waals surface area contributed by atoms with Crippen molar-refractivity contribution >= 4 is 7.12 Å². The smallest absolute Gasteiger partial charge is 0.401 e. The van der Waals surface area contributed by atoms with Gasteiger partial charge in [0.15, 0.2) is 0 Å². The van der Waals surface area contributed by atoms with Crippen LogP contribution in [-0.4, -0.2) is 33.5 Å². The normalized spacial score (nSPS) is 18.4. The summed E-state index contributed by atoms with van der Waals surface area (Å²) >= 11 is 0. The van der Waals surface area contributed by atoms with Crippen LogP contribution in [-0.2, 0) is 30.0 Å². The summed E-state index contributed by atoms with van der Waals surface area (Å²) in [5, 5.41) is 0. The standard InChI is InChI=1S/C35H37BO4/c1-5-31(6-2)36-39-32(34(37-3,27-19-11-7-12-20-27)28-21-13-8-14-22-28)33(40-36)35(38-4,29-23-15-9-16-24-29)30-25-17-10-18-26-30/h5,7-26,31-33H,1,6H2,2-4H3/t31-,32+,33+/m0/s1. The van der Waals surface area contributed by atoms with E-state index in [2.05, 4.69) is 62.0 Å². The van der Waals surface area contributed by atoms with E-state index in [1.165, 1.54) is 0 Å². The van der Waals surface area contributed by atoms with Crippen LogP contribution in [0.2, 0.25) is 5.82 Å². The summed E-state index contributed by atoms with van der Waals surface area (Å²) in [5.74, 6) is -0.0188. The molecule has 0 aromatic heterocycles. The Morgan fingerprint density at radius 3 is 1.18 bits per heavy atom. The van der Waals surface area contributed by atoms with Crippen LogP contribution in [0.1, 0.15) is 35.6 Å². The van der Waals surface area contributed by atoms with Gasteiger partial charge in [0.1, 0.15) is 23.4 Å². The maximum Gasteiger partial charge on any atom is 0.465 e. The average Bonchev–Trinajstić information content (AvgIpc) is 3.47. The number of hydrogen-bond donors (Lipinski definition) is 0. The van der Waals surface area contributed by atoms with Gasteiger partial charge in [-0.05, 0) is 22.3 Å². The molecule has 1 aliphatic rings. The van der Waals surface area contributed by atoms with E-state index in [9.17, 15) is 0 Å². The van der Waals surface area contributed by atoms with E-state index in [1.807, 2.05) is 78.9 Å². The molecule has 0 bridgehead atoms. The summed E-state index contributed by atoms with van der Waals surface area (Å²) in [5.41, 5.74) is 1.88. The van der Waals surface area contributed by atoms with Crippen LogP contribution in [0.25, 0.3) is 0 Å². The van der Waals surface area contributed by atoms with Crippen LogP contribution in [0.3, 0.4) is 0 Å². The molecular weight excluding hydrogens is 495 g/mol. The minimum Gasteiger partial charge on any atom is -0.401 e. The van der Waals surface area contributed by atoms with E-state index in [-0.39, 0.29) is 5.82 Å². The molecule has 1 fully saturated rings. The van der Waals surface area contributed by atoms with Gasteiger partial charge in [-0.1, -0.05) is 141 Å². The molecule has 4 nitrogen and oxygen atoms in total. The zero-order chi connectivity index (χ0) is 28.0. The summed E-state index contributed by atoms with van der Waals surface area (Å²) in [6.45, 7) is 6.22. The van der Waals surface area contributed by atoms with E-state index < -0.39 is 30.5 Å². The molecule has 0 saturated carbocycles. The molecule has 1 aliphatic heterocycles. The number of ether oxygens (including phenoxy) is 2. The Kier molecular flexibility index (Phi) is 8.67. The van der Waals surface area contributed by atoms with Gasteiger partial charge in [-0.15, -0.1) is 6.58 Å². The molecule has 0 N–H and O–H groups in total. The predicted octanol–water partition coefficient (Wildman–Crippen LogP) is 7.41. The number of rotatable bonds is 11. The summed E-state index contributed by atoms with van der Waals surface area (Å²) in [6.07, 6.45) is 1.55. The fourth-order valence-corrected chi connectivity index (χ4v) is 6.19. The number of allylic oxidation sites excluding steroid dienone is 1. The molecular formula is C35H37BO4. The summed E-state index contributed by atoms with van der Waals surface area (Å²) in [7, 11) is 2.96. The van der Waals surface area contributed by atoms with Crippen molar-refractivity contribution in [3.8, 4) is 0 Å². The Morgan fingerprint density at radius 2 is 0.950 bits per heavy atom. The molecule has 1 heterocycles. The van der Waals surface area contributed by atoms with E-state index in [1.54, 1.807) is 14.2 Å². The molecule has 0 spiro atoms. The molecule has 0 amide bonds. The Labute approximate surface area is 238 Å². The first-order chi connectivity index (χ1) is 19.6. The first kappa shape index (κ1) is 28.1. The minimum atomic E-state index is -1.01. The fourth-order valence-electron chi connectivity index (χ4n) is 6.19. The Balaban J connectivity index is 1.82. The van der Waals surface area contributed by atoms with Crippen LogP contribution >= 0.6 is 0 Å². The zero-order valence-corrected chi connectivity index (χ0v) is 23.5. The molecule has 0 radical (unpaired) electrons. The molecule has 204 valence electrons. The van der Waals surface area contributed by atoms with Crippen LogP contribution < -0.4 is 0 Å². The van der Waals surface area contributed by atoms with Crippen LogP contribution in [0, 0.1) is 0 Å². The molecule has 3 atom stereocenters. The van der Waals surface area contributed by atoms with Crippen LogP contribution in [0.15, 0.2) is 134 Å². The molecule has 4 aromatic carbocycles. The lowest BCUT2D eigenvalue weighted by atomic mass is 9.70. The largest absolute Gasteiger partial charge is 0.465 e. The maximum absolute atomic E-state index is 7.04. The number of hydrogen-bond acceptors (Lipinski definition) is 4. The second-order valence-electron chi connectivity index (χ2n) is 10.1. The van der Waals surface area contributed by atoms with Gasteiger partial charge in [0.2, 0.25) is 0 Å². The lowest BCUT2D eigenvalue weighted by Gasteiger charge is -2.47. The van der Waals surface area contributed by atoms with Gasteiger partial charge < -0.3 is 18.8 Å². The monoisotopic (exact) mass is 532 g/mol. The SMILES string of the molecule is C=C[C@@H](CC)B1O[C@@H](C(OC)(c2ccccc2)c2ccccc2)[C@H](C(OC)(c2ccccc2)c2ccccc2)O1. The number of methoxy groups -OCH3 is 2. The second kappa shape index (κ2) is 12.4. The van der Waals surface area contributed by atoms with E-state index in [0.717, 1.165) is 28.7 Å². The molecule has 5 rings (SSSR count). The molecule has 1 saturated heterocycles. The van der Waals surface area contributed by atoms with Crippen molar-refractivity contribution in [1.82, 2.24) is 0 Å². The maximum atomic E-state index is 7.04. The molecule has 4 aromatic rings. The first-order valence-corrected chi connectivity index (χ1v) is 13.9. The highest BCUT2D eigenvalue weighted by atomic mass is 16.7. The molecule has 0 aliphatic carbocycles. The molecule has 0 unspecified atom stereocenters. The summed E-state index contributed by atoms with van der Waals surface area (Å²) in [6, 6.07) is 41.0. The van der Waals surface area contributed by atoms with Crippen molar-refractivity contribution in [3.05, 3.63) is 156 Å². The van der Waals surface area contributed by atoms with Crippen LogP contribution in [0.5, 0.6) is 0 Å². The van der Waals surface area contributed by atoms with E-state index in [0.29, 0.717) is 0 Å². The van der Waals surface area contributed by atoms with Gasteiger partial charge in [-0.3, -0.25) is 0 Å². The lowest BCUT2D eigenvalue weighted by Crippen LogP contribution is -2.56. The quantitative estimate of drug-likeness (QED) is 0.149. The highest BCUT2D eigenvalue weighted by molar-refractivity contribution is 6.48. The summed E-state index contributed by atoms with van der Waals surface area (Å²) < 4.78 is 27.4. The van der Waals surface area contributed by atoms with E-state index >= 15 is 0 Å². The molecule has 40 heavy (non-hydrogen) atoms. The van der Waals surface area contributed by atoms with Crippen molar-refractivity contribution in [1.29, 1.82) is 0 Å². The highest BCUT2D eigenvalue weighted by Crippen LogP contribution is 2.51. The third-order valence-corrected chi connectivity index (χ3v) is 8.22. The van der Waals surface area contributed by atoms with Crippen LogP contribution in [0.4, 0.5) is 0 Å². The second-order valence-corrected chi connectivity index (χ2v) is 10.1. The third kappa shape index (κ3) is 4.74. The van der Waals surface area contributed by atoms with E-state index in [4.69, 9.17) is 18.8 Å². The van der Waals surface area contributed by atoms with Crippen molar-refractivity contribution in [2.75, 3.05) is 14.2 Å². The Bertz CT molecular complexity index is 1170. The zero-order valence-electron chi connectivity index (χ0n) is 23.5. The topological polar surface area (TPSA) is 36.9 Å². The van der Waals surface area contributed by atoms with Crippen molar-refractivity contribution < 1.29 is 18.8 Å². The Morgan fingerprint density at radius 1 is 0.650 bits per heavy atom. The first-order valence-electron chi connectivity index (χ1n) is 13.9. The number of benzene rings is 4. The summed E-state index contributed by atoms with van der Waals surface area (Å²) in [4.78, 5) is 0.